The Bertz CT molecular complexity index is 1040. The molecule has 0 unspecified atom stereocenters. The molecular formula is C16H13N3O4S. The average molecular weight is 343 g/mol. The van der Waals surface area contributed by atoms with Crippen molar-refractivity contribution in [3.8, 4) is 0 Å². The van der Waals surface area contributed by atoms with Crippen molar-refractivity contribution in [2.45, 2.75) is 11.8 Å². The van der Waals surface area contributed by atoms with E-state index in [9.17, 15) is 18.5 Å². The van der Waals surface area contributed by atoms with Crippen LogP contribution in [0.2, 0.25) is 0 Å². The van der Waals surface area contributed by atoms with E-state index in [1.165, 1.54) is 18.2 Å². The molecule has 3 rings (SSSR count). The molecule has 122 valence electrons. The van der Waals surface area contributed by atoms with Crippen molar-refractivity contribution in [1.29, 1.82) is 0 Å². The standard InChI is InChI=1S/C16H13N3O4S/c1-11-7-8-14(19(20)21)15(10-11)24(22,23)18-13-6-2-4-12-5-3-9-17-16(12)13/h2-10,18H,1H3. The number of hydrogen-bond acceptors (Lipinski definition) is 5. The Balaban J connectivity index is 2.12. The van der Waals surface area contributed by atoms with Gasteiger partial charge in [-0.2, -0.15) is 0 Å². The minimum absolute atomic E-state index is 0.268. The van der Waals surface area contributed by atoms with Gasteiger partial charge >= 0.3 is 0 Å². The summed E-state index contributed by atoms with van der Waals surface area (Å²) in [5.74, 6) is 0. The maximum atomic E-state index is 12.7. The van der Waals surface area contributed by atoms with Crippen LogP contribution in [0.15, 0.2) is 59.6 Å². The monoisotopic (exact) mass is 343 g/mol. The van der Waals surface area contributed by atoms with Crippen molar-refractivity contribution < 1.29 is 13.3 Å². The SMILES string of the molecule is Cc1ccc([N+](=O)[O-])c(S(=O)(=O)Nc2cccc3cccnc23)c1. The van der Waals surface area contributed by atoms with Gasteiger partial charge in [0.15, 0.2) is 4.90 Å². The van der Waals surface area contributed by atoms with Crippen molar-refractivity contribution >= 4 is 32.3 Å². The molecule has 1 heterocycles. The smallest absolute Gasteiger partial charge is 0.277 e. The van der Waals surface area contributed by atoms with E-state index in [4.69, 9.17) is 0 Å². The Morgan fingerprint density at radius 3 is 2.62 bits per heavy atom. The number of nitro benzene ring substituents is 1. The van der Waals surface area contributed by atoms with Crippen molar-refractivity contribution in [3.63, 3.8) is 0 Å². The van der Waals surface area contributed by atoms with Gasteiger partial charge in [-0.15, -0.1) is 0 Å². The van der Waals surface area contributed by atoms with Crippen LogP contribution in [0.5, 0.6) is 0 Å². The number of nitro groups is 1. The van der Waals surface area contributed by atoms with Crippen molar-refractivity contribution in [3.05, 3.63) is 70.4 Å². The summed E-state index contributed by atoms with van der Waals surface area (Å²) >= 11 is 0. The Kier molecular flexibility index (Phi) is 3.90. The maximum Gasteiger partial charge on any atom is 0.289 e. The lowest BCUT2D eigenvalue weighted by Crippen LogP contribution is -2.15. The summed E-state index contributed by atoms with van der Waals surface area (Å²) in [5, 5.41) is 11.9. The van der Waals surface area contributed by atoms with Gasteiger partial charge in [0.2, 0.25) is 0 Å². The highest BCUT2D eigenvalue weighted by Crippen LogP contribution is 2.29. The summed E-state index contributed by atoms with van der Waals surface area (Å²) in [5.41, 5.74) is 0.876. The fraction of sp³-hybridized carbons (Fsp3) is 0.0625. The third-order valence-electron chi connectivity index (χ3n) is 3.48. The van der Waals surface area contributed by atoms with Gasteiger partial charge in [0.05, 0.1) is 16.1 Å². The lowest BCUT2D eigenvalue weighted by atomic mass is 10.2. The molecule has 0 aliphatic heterocycles. The van der Waals surface area contributed by atoms with E-state index in [-0.39, 0.29) is 10.6 Å². The number of fused-ring (bicyclic) bond motifs is 1. The summed E-state index contributed by atoms with van der Waals surface area (Å²) in [4.78, 5) is 14.2. The Morgan fingerprint density at radius 2 is 1.88 bits per heavy atom. The van der Waals surface area contributed by atoms with Crippen molar-refractivity contribution in [2.24, 2.45) is 0 Å². The molecule has 0 aliphatic rings. The second-order valence-electron chi connectivity index (χ2n) is 5.21. The Morgan fingerprint density at radius 1 is 1.12 bits per heavy atom. The third kappa shape index (κ3) is 2.91. The van der Waals surface area contributed by atoms with E-state index >= 15 is 0 Å². The number of nitrogens with one attached hydrogen (secondary N) is 1. The number of anilines is 1. The van der Waals surface area contributed by atoms with Gasteiger partial charge < -0.3 is 0 Å². The highest BCUT2D eigenvalue weighted by molar-refractivity contribution is 7.92. The van der Waals surface area contributed by atoms with E-state index in [0.29, 0.717) is 11.1 Å². The summed E-state index contributed by atoms with van der Waals surface area (Å²) in [6.45, 7) is 1.67. The molecule has 0 spiro atoms. The second kappa shape index (κ2) is 5.89. The van der Waals surface area contributed by atoms with Gasteiger partial charge in [-0.25, -0.2) is 8.42 Å². The number of para-hydroxylation sites is 1. The number of hydrogen-bond donors (Lipinski definition) is 1. The highest BCUT2D eigenvalue weighted by atomic mass is 32.2. The quantitative estimate of drug-likeness (QED) is 0.578. The van der Waals surface area contributed by atoms with Crippen LogP contribution in [-0.4, -0.2) is 18.3 Å². The molecule has 0 amide bonds. The first-order valence-corrected chi connectivity index (χ1v) is 8.48. The number of sulfonamides is 1. The van der Waals surface area contributed by atoms with Crippen LogP contribution in [0.25, 0.3) is 10.9 Å². The molecule has 3 aromatic rings. The number of pyridine rings is 1. The summed E-state index contributed by atoms with van der Waals surface area (Å²) in [6.07, 6.45) is 1.55. The van der Waals surface area contributed by atoms with Gasteiger partial charge in [0.1, 0.15) is 0 Å². The maximum absolute atomic E-state index is 12.7. The molecule has 8 heteroatoms. The molecule has 1 N–H and O–H groups in total. The predicted molar refractivity (Wildman–Crippen MR) is 90.4 cm³/mol. The van der Waals surface area contributed by atoms with Gasteiger partial charge in [-0.1, -0.05) is 24.3 Å². The van der Waals surface area contributed by atoms with Crippen LogP contribution in [0, 0.1) is 17.0 Å². The topological polar surface area (TPSA) is 102 Å². The van der Waals surface area contributed by atoms with Crippen LogP contribution < -0.4 is 4.72 Å². The largest absolute Gasteiger partial charge is 0.289 e. The predicted octanol–water partition coefficient (Wildman–Crippen LogP) is 3.25. The number of aryl methyl sites for hydroxylation is 1. The molecule has 0 radical (unpaired) electrons. The lowest BCUT2D eigenvalue weighted by molar-refractivity contribution is -0.387. The second-order valence-corrected chi connectivity index (χ2v) is 6.87. The van der Waals surface area contributed by atoms with E-state index < -0.39 is 20.6 Å². The highest BCUT2D eigenvalue weighted by Gasteiger charge is 2.26. The molecule has 24 heavy (non-hydrogen) atoms. The third-order valence-corrected chi connectivity index (χ3v) is 4.87. The fourth-order valence-corrected chi connectivity index (χ4v) is 3.70. The van der Waals surface area contributed by atoms with Gasteiger partial charge in [-0.05, 0) is 30.7 Å². The van der Waals surface area contributed by atoms with Gasteiger partial charge in [-0.3, -0.25) is 19.8 Å². The van der Waals surface area contributed by atoms with Crippen LogP contribution in [0.3, 0.4) is 0 Å². The van der Waals surface area contributed by atoms with E-state index in [1.807, 2.05) is 0 Å². The molecule has 0 saturated heterocycles. The Labute approximate surface area is 138 Å². The van der Waals surface area contributed by atoms with Crippen LogP contribution >= 0.6 is 0 Å². The Hall–Kier alpha value is -3.00. The van der Waals surface area contributed by atoms with E-state index in [2.05, 4.69) is 9.71 Å². The number of nitrogens with zero attached hydrogens (tertiary/aromatic N) is 2. The lowest BCUT2D eigenvalue weighted by Gasteiger charge is -2.11. The number of benzene rings is 2. The molecule has 7 nitrogen and oxygen atoms in total. The zero-order valence-electron chi connectivity index (χ0n) is 12.6. The zero-order chi connectivity index (χ0) is 17.3. The molecule has 1 aromatic heterocycles. The zero-order valence-corrected chi connectivity index (χ0v) is 13.4. The minimum Gasteiger partial charge on any atom is -0.277 e. The molecule has 2 aromatic carbocycles. The molecule has 0 atom stereocenters. The minimum atomic E-state index is -4.13. The summed E-state index contributed by atoms with van der Waals surface area (Å²) in [6, 6.07) is 12.6. The van der Waals surface area contributed by atoms with Crippen LogP contribution in [0.1, 0.15) is 5.56 Å². The number of rotatable bonds is 4. The fourth-order valence-electron chi connectivity index (χ4n) is 2.37. The molecular weight excluding hydrogens is 330 g/mol. The summed E-state index contributed by atoms with van der Waals surface area (Å²) in [7, 11) is -4.13. The molecule has 0 bridgehead atoms. The average Bonchev–Trinajstić information content (AvgIpc) is 2.54. The normalized spacial score (nSPS) is 11.4. The van der Waals surface area contributed by atoms with Crippen molar-refractivity contribution in [2.75, 3.05) is 4.72 Å². The van der Waals surface area contributed by atoms with Crippen LogP contribution in [-0.2, 0) is 10.0 Å². The molecule has 0 fully saturated rings. The molecule has 0 saturated carbocycles. The van der Waals surface area contributed by atoms with Gasteiger partial charge in [0.25, 0.3) is 15.7 Å². The first-order chi connectivity index (χ1) is 11.4. The summed E-state index contributed by atoms with van der Waals surface area (Å²) < 4.78 is 27.8. The van der Waals surface area contributed by atoms with Crippen LogP contribution in [0.4, 0.5) is 11.4 Å². The number of aromatic nitrogens is 1. The molecule has 0 aliphatic carbocycles. The van der Waals surface area contributed by atoms with E-state index in [1.54, 1.807) is 43.5 Å². The first kappa shape index (κ1) is 15.9. The van der Waals surface area contributed by atoms with E-state index in [0.717, 1.165) is 5.39 Å². The first-order valence-electron chi connectivity index (χ1n) is 7.00. The van der Waals surface area contributed by atoms with Crippen molar-refractivity contribution in [1.82, 2.24) is 4.98 Å². The van der Waals surface area contributed by atoms with Gasteiger partial charge in [0, 0.05) is 17.6 Å².